The van der Waals surface area contributed by atoms with Crippen molar-refractivity contribution in [3.05, 3.63) is 72.3 Å². The van der Waals surface area contributed by atoms with E-state index in [2.05, 4.69) is 37.6 Å². The van der Waals surface area contributed by atoms with Crippen LogP contribution in [0.3, 0.4) is 0 Å². The lowest BCUT2D eigenvalue weighted by molar-refractivity contribution is -0.119. The van der Waals surface area contributed by atoms with Crippen LogP contribution in [-0.4, -0.2) is 39.5 Å². The minimum atomic E-state index is -0.115. The quantitative estimate of drug-likeness (QED) is 0.550. The molecule has 142 valence electrons. The third-order valence-corrected chi connectivity index (χ3v) is 4.86. The summed E-state index contributed by atoms with van der Waals surface area (Å²) in [5, 5.41) is 8.37. The Morgan fingerprint density at radius 2 is 2.00 bits per heavy atom. The van der Waals surface area contributed by atoms with Crippen LogP contribution < -0.4 is 10.3 Å². The second-order valence-electron chi connectivity index (χ2n) is 6.77. The van der Waals surface area contributed by atoms with Crippen molar-refractivity contribution in [2.75, 3.05) is 18.0 Å². The predicted octanol–water partition coefficient (Wildman–Crippen LogP) is 2.56. The van der Waals surface area contributed by atoms with Gasteiger partial charge in [-0.05, 0) is 49.1 Å². The van der Waals surface area contributed by atoms with Gasteiger partial charge in [0.15, 0.2) is 0 Å². The molecule has 1 N–H and O–H groups in total. The number of aromatic nitrogens is 3. The number of amides is 1. The molecule has 0 unspecified atom stereocenters. The van der Waals surface area contributed by atoms with E-state index < -0.39 is 0 Å². The van der Waals surface area contributed by atoms with Gasteiger partial charge in [0.2, 0.25) is 0 Å². The number of rotatable bonds is 5. The lowest BCUT2D eigenvalue weighted by Crippen LogP contribution is -2.38. The predicted molar refractivity (Wildman–Crippen MR) is 109 cm³/mol. The van der Waals surface area contributed by atoms with Crippen LogP contribution in [0, 0.1) is 0 Å². The zero-order chi connectivity index (χ0) is 19.3. The molecule has 1 amide bonds. The molecule has 7 nitrogen and oxygen atoms in total. The molecule has 2 heterocycles. The highest BCUT2D eigenvalue weighted by molar-refractivity contribution is 5.99. The van der Waals surface area contributed by atoms with Gasteiger partial charge in [-0.15, -0.1) is 0 Å². The van der Waals surface area contributed by atoms with E-state index in [1.54, 1.807) is 11.0 Å². The van der Waals surface area contributed by atoms with Crippen LogP contribution in [-0.2, 0) is 11.2 Å². The van der Waals surface area contributed by atoms with Crippen molar-refractivity contribution in [3.8, 4) is 5.69 Å². The smallest absolute Gasteiger partial charge is 0.259 e. The minimum Gasteiger partial charge on any atom is -0.362 e. The van der Waals surface area contributed by atoms with Crippen LogP contribution in [0.1, 0.15) is 24.5 Å². The molecule has 28 heavy (non-hydrogen) atoms. The zero-order valence-electron chi connectivity index (χ0n) is 15.7. The van der Waals surface area contributed by atoms with Crippen LogP contribution in [0.4, 0.5) is 5.69 Å². The molecule has 1 aliphatic heterocycles. The first-order valence-corrected chi connectivity index (χ1v) is 9.32. The molecule has 0 saturated heterocycles. The molecule has 2 aromatic carbocycles. The first-order chi connectivity index (χ1) is 13.7. The van der Waals surface area contributed by atoms with Gasteiger partial charge in [0.05, 0.1) is 17.9 Å². The Bertz CT molecular complexity index is 978. The summed E-state index contributed by atoms with van der Waals surface area (Å²) in [7, 11) is 0. The van der Waals surface area contributed by atoms with E-state index in [1.165, 1.54) is 11.9 Å². The average Bonchev–Trinajstić information content (AvgIpc) is 3.27. The molecule has 0 spiro atoms. The van der Waals surface area contributed by atoms with Crippen molar-refractivity contribution in [2.24, 2.45) is 5.10 Å². The summed E-state index contributed by atoms with van der Waals surface area (Å²) >= 11 is 0. The number of para-hydroxylation sites is 1. The summed E-state index contributed by atoms with van der Waals surface area (Å²) in [5.74, 6) is -0.115. The number of anilines is 1. The van der Waals surface area contributed by atoms with Gasteiger partial charge < -0.3 is 4.90 Å². The highest BCUT2D eigenvalue weighted by atomic mass is 16.2. The van der Waals surface area contributed by atoms with Crippen LogP contribution in [0.25, 0.3) is 5.69 Å². The number of hydrogen-bond donors (Lipinski definition) is 1. The summed E-state index contributed by atoms with van der Waals surface area (Å²) in [6, 6.07) is 16.0. The molecular weight excluding hydrogens is 352 g/mol. The second kappa shape index (κ2) is 8.04. The Labute approximate surface area is 163 Å². The second-order valence-corrected chi connectivity index (χ2v) is 6.77. The Morgan fingerprint density at radius 3 is 2.79 bits per heavy atom. The average molecular weight is 374 g/mol. The fourth-order valence-corrected chi connectivity index (χ4v) is 3.39. The van der Waals surface area contributed by atoms with Crippen molar-refractivity contribution < 1.29 is 4.79 Å². The number of fused-ring (bicyclic) bond motifs is 1. The Morgan fingerprint density at radius 1 is 1.18 bits per heavy atom. The number of hydrazone groups is 1. The minimum absolute atomic E-state index is 0.115. The molecule has 7 heteroatoms. The first kappa shape index (κ1) is 17.9. The molecule has 0 atom stereocenters. The number of carbonyl (C=O) groups excluding carboxylic acids is 1. The maximum absolute atomic E-state index is 12.4. The Balaban J connectivity index is 1.38. The van der Waals surface area contributed by atoms with Crippen molar-refractivity contribution in [1.29, 1.82) is 0 Å². The molecular formula is C21H22N6O. The van der Waals surface area contributed by atoms with E-state index in [0.29, 0.717) is 6.54 Å². The molecule has 3 aromatic rings. The van der Waals surface area contributed by atoms with Gasteiger partial charge in [-0.25, -0.2) is 15.1 Å². The Kier molecular flexibility index (Phi) is 5.14. The third kappa shape index (κ3) is 3.93. The van der Waals surface area contributed by atoms with E-state index >= 15 is 0 Å². The molecule has 1 aliphatic rings. The maximum atomic E-state index is 12.4. The highest BCUT2D eigenvalue weighted by Gasteiger charge is 2.18. The van der Waals surface area contributed by atoms with E-state index in [9.17, 15) is 4.79 Å². The van der Waals surface area contributed by atoms with Crippen LogP contribution in [0.2, 0.25) is 0 Å². The summed E-state index contributed by atoms with van der Waals surface area (Å²) in [5.41, 5.74) is 7.73. The summed E-state index contributed by atoms with van der Waals surface area (Å²) in [4.78, 5) is 18.4. The van der Waals surface area contributed by atoms with Gasteiger partial charge in [0, 0.05) is 12.2 Å². The van der Waals surface area contributed by atoms with E-state index in [4.69, 9.17) is 0 Å². The fourth-order valence-electron chi connectivity index (χ4n) is 3.39. The number of carbonyl (C=O) groups is 1. The normalized spacial score (nSPS) is 13.9. The van der Waals surface area contributed by atoms with Gasteiger partial charge in [0.1, 0.15) is 12.7 Å². The number of benzene rings is 2. The molecule has 0 saturated carbocycles. The van der Waals surface area contributed by atoms with Crippen molar-refractivity contribution >= 4 is 17.3 Å². The van der Waals surface area contributed by atoms with E-state index in [0.717, 1.165) is 42.0 Å². The SMILES string of the molecule is C/C(=N\NC(=O)CN1CCCc2ccccc21)c1ccc(-n2cncn2)cc1. The van der Waals surface area contributed by atoms with Gasteiger partial charge in [-0.3, -0.25) is 4.79 Å². The number of aryl methyl sites for hydroxylation is 1. The number of hydrogen-bond acceptors (Lipinski definition) is 5. The summed E-state index contributed by atoms with van der Waals surface area (Å²) in [6.07, 6.45) is 5.27. The van der Waals surface area contributed by atoms with Crippen LogP contribution >= 0.6 is 0 Å². The molecule has 1 aromatic heterocycles. The molecule has 0 radical (unpaired) electrons. The van der Waals surface area contributed by atoms with Gasteiger partial charge >= 0.3 is 0 Å². The molecule has 0 fully saturated rings. The monoisotopic (exact) mass is 374 g/mol. The topological polar surface area (TPSA) is 75.4 Å². The lowest BCUT2D eigenvalue weighted by atomic mass is 10.0. The fraction of sp³-hybridized carbons (Fsp3) is 0.238. The van der Waals surface area contributed by atoms with Gasteiger partial charge in [0.25, 0.3) is 5.91 Å². The van der Waals surface area contributed by atoms with Gasteiger partial charge in [-0.1, -0.05) is 30.3 Å². The first-order valence-electron chi connectivity index (χ1n) is 9.32. The summed E-state index contributed by atoms with van der Waals surface area (Å²) < 4.78 is 1.69. The number of nitrogens with zero attached hydrogens (tertiary/aromatic N) is 5. The molecule has 4 rings (SSSR count). The third-order valence-electron chi connectivity index (χ3n) is 4.86. The van der Waals surface area contributed by atoms with Crippen molar-refractivity contribution in [3.63, 3.8) is 0 Å². The number of nitrogens with one attached hydrogen (secondary N) is 1. The van der Waals surface area contributed by atoms with E-state index in [-0.39, 0.29) is 5.91 Å². The largest absolute Gasteiger partial charge is 0.362 e. The summed E-state index contributed by atoms with van der Waals surface area (Å²) in [6.45, 7) is 3.07. The van der Waals surface area contributed by atoms with Crippen molar-refractivity contribution in [2.45, 2.75) is 19.8 Å². The maximum Gasteiger partial charge on any atom is 0.259 e. The highest BCUT2D eigenvalue weighted by Crippen LogP contribution is 2.26. The van der Waals surface area contributed by atoms with Gasteiger partial charge in [-0.2, -0.15) is 10.2 Å². The van der Waals surface area contributed by atoms with Crippen LogP contribution in [0.15, 0.2) is 66.3 Å². The Hall–Kier alpha value is -3.48. The standard InChI is InChI=1S/C21H22N6O/c1-16(17-8-10-19(11-9-17)27-15-22-14-23-27)24-25-21(28)13-26-12-4-6-18-5-2-3-7-20(18)26/h2-3,5,7-11,14-15H,4,6,12-13H2,1H3,(H,25,28)/b24-16+. The molecule has 0 bridgehead atoms. The molecule has 0 aliphatic carbocycles. The zero-order valence-corrected chi connectivity index (χ0v) is 15.7. The van der Waals surface area contributed by atoms with Crippen LogP contribution in [0.5, 0.6) is 0 Å². The lowest BCUT2D eigenvalue weighted by Gasteiger charge is -2.30. The van der Waals surface area contributed by atoms with E-state index in [1.807, 2.05) is 43.3 Å². The van der Waals surface area contributed by atoms with Crippen molar-refractivity contribution in [1.82, 2.24) is 20.2 Å².